The van der Waals surface area contributed by atoms with Gasteiger partial charge in [0.1, 0.15) is 0 Å². The molecule has 0 aliphatic heterocycles. The molecule has 0 heterocycles. The van der Waals surface area contributed by atoms with Crippen LogP contribution in [0.3, 0.4) is 0 Å². The van der Waals surface area contributed by atoms with E-state index in [9.17, 15) is 0 Å². The van der Waals surface area contributed by atoms with Gasteiger partial charge in [-0.15, -0.1) is 0 Å². The SMILES string of the molecule is CCCC/C=C\c1ccc(C)c(N)c1. The molecule has 0 radical (unpaired) electrons. The molecule has 1 rings (SSSR count). The number of nitrogen functional groups attached to an aromatic ring is 1. The minimum atomic E-state index is 0.877. The molecular formula is C13H19N. The fourth-order valence-corrected chi connectivity index (χ4v) is 1.30. The number of aryl methyl sites for hydroxylation is 1. The molecule has 1 aromatic rings. The molecule has 2 N–H and O–H groups in total. The van der Waals surface area contributed by atoms with Gasteiger partial charge in [-0.3, -0.25) is 0 Å². The topological polar surface area (TPSA) is 26.0 Å². The van der Waals surface area contributed by atoms with E-state index >= 15 is 0 Å². The molecule has 14 heavy (non-hydrogen) atoms. The molecule has 0 saturated heterocycles. The summed E-state index contributed by atoms with van der Waals surface area (Å²) in [5.74, 6) is 0. The van der Waals surface area contributed by atoms with E-state index in [4.69, 9.17) is 5.73 Å². The minimum Gasteiger partial charge on any atom is -0.398 e. The highest BCUT2D eigenvalue weighted by Gasteiger charge is 1.92. The third kappa shape index (κ3) is 3.25. The minimum absolute atomic E-state index is 0.877. The highest BCUT2D eigenvalue weighted by molar-refractivity contribution is 5.58. The van der Waals surface area contributed by atoms with Gasteiger partial charge in [0.15, 0.2) is 0 Å². The van der Waals surface area contributed by atoms with E-state index in [2.05, 4.69) is 31.2 Å². The molecule has 1 heteroatoms. The lowest BCUT2D eigenvalue weighted by atomic mass is 10.1. The Kier molecular flexibility index (Phi) is 4.24. The average molecular weight is 189 g/mol. The molecule has 0 unspecified atom stereocenters. The summed E-state index contributed by atoms with van der Waals surface area (Å²) in [7, 11) is 0. The normalized spacial score (nSPS) is 11.0. The van der Waals surface area contributed by atoms with E-state index in [1.807, 2.05) is 13.0 Å². The van der Waals surface area contributed by atoms with Crippen molar-refractivity contribution in [2.24, 2.45) is 0 Å². The number of allylic oxidation sites excluding steroid dienone is 1. The molecule has 0 saturated carbocycles. The Morgan fingerprint density at radius 1 is 1.36 bits per heavy atom. The van der Waals surface area contributed by atoms with Gasteiger partial charge in [0.25, 0.3) is 0 Å². The maximum Gasteiger partial charge on any atom is 0.0349 e. The first kappa shape index (κ1) is 10.8. The van der Waals surface area contributed by atoms with Crippen molar-refractivity contribution in [3.05, 3.63) is 35.4 Å². The van der Waals surface area contributed by atoms with E-state index in [0.717, 1.165) is 17.7 Å². The molecule has 0 aromatic heterocycles. The van der Waals surface area contributed by atoms with Crippen molar-refractivity contribution >= 4 is 11.8 Å². The Labute approximate surface area is 86.6 Å². The van der Waals surface area contributed by atoms with Crippen molar-refractivity contribution in [2.75, 3.05) is 5.73 Å². The van der Waals surface area contributed by atoms with Crippen molar-refractivity contribution < 1.29 is 0 Å². The van der Waals surface area contributed by atoms with Crippen molar-refractivity contribution in [1.82, 2.24) is 0 Å². The van der Waals surface area contributed by atoms with Gasteiger partial charge in [0.05, 0.1) is 0 Å². The van der Waals surface area contributed by atoms with Crippen LogP contribution in [0.4, 0.5) is 5.69 Å². The molecule has 0 bridgehead atoms. The number of hydrogen-bond acceptors (Lipinski definition) is 1. The van der Waals surface area contributed by atoms with E-state index in [1.165, 1.54) is 18.4 Å². The maximum absolute atomic E-state index is 5.82. The van der Waals surface area contributed by atoms with Crippen LogP contribution in [0.2, 0.25) is 0 Å². The molecule has 0 aliphatic rings. The Morgan fingerprint density at radius 3 is 2.79 bits per heavy atom. The summed E-state index contributed by atoms with van der Waals surface area (Å²) < 4.78 is 0. The van der Waals surface area contributed by atoms with Crippen molar-refractivity contribution in [1.29, 1.82) is 0 Å². The first-order valence-corrected chi connectivity index (χ1v) is 5.26. The summed E-state index contributed by atoms with van der Waals surface area (Å²) in [5.41, 5.74) is 9.04. The van der Waals surface area contributed by atoms with E-state index in [0.29, 0.717) is 0 Å². The first-order chi connectivity index (χ1) is 6.74. The van der Waals surface area contributed by atoms with Crippen LogP contribution in [0.1, 0.15) is 37.3 Å². The lowest BCUT2D eigenvalue weighted by Crippen LogP contribution is -1.89. The first-order valence-electron chi connectivity index (χ1n) is 5.26. The second kappa shape index (κ2) is 5.48. The molecule has 76 valence electrons. The predicted molar refractivity (Wildman–Crippen MR) is 64.2 cm³/mol. The van der Waals surface area contributed by atoms with Crippen LogP contribution in [-0.4, -0.2) is 0 Å². The van der Waals surface area contributed by atoms with E-state index in [1.54, 1.807) is 0 Å². The summed E-state index contributed by atoms with van der Waals surface area (Å²) in [6.45, 7) is 4.23. The Balaban J connectivity index is 2.59. The zero-order valence-corrected chi connectivity index (χ0v) is 9.09. The fourth-order valence-electron chi connectivity index (χ4n) is 1.30. The Morgan fingerprint density at radius 2 is 2.14 bits per heavy atom. The zero-order valence-electron chi connectivity index (χ0n) is 9.09. The number of benzene rings is 1. The molecule has 1 nitrogen and oxygen atoms in total. The molecular weight excluding hydrogens is 170 g/mol. The monoisotopic (exact) mass is 189 g/mol. The van der Waals surface area contributed by atoms with Crippen LogP contribution in [-0.2, 0) is 0 Å². The third-order valence-corrected chi connectivity index (χ3v) is 2.34. The zero-order chi connectivity index (χ0) is 10.4. The fraction of sp³-hybridized carbons (Fsp3) is 0.385. The van der Waals surface area contributed by atoms with E-state index in [-0.39, 0.29) is 0 Å². The molecule has 0 amide bonds. The van der Waals surface area contributed by atoms with Gasteiger partial charge in [-0.05, 0) is 30.5 Å². The molecule has 0 spiro atoms. The van der Waals surface area contributed by atoms with Gasteiger partial charge in [-0.2, -0.15) is 0 Å². The second-order valence-corrected chi connectivity index (χ2v) is 3.66. The van der Waals surface area contributed by atoms with Crippen LogP contribution in [0.5, 0.6) is 0 Å². The Bertz CT molecular complexity index is 313. The van der Waals surface area contributed by atoms with Crippen molar-refractivity contribution in [2.45, 2.75) is 33.1 Å². The van der Waals surface area contributed by atoms with Gasteiger partial charge in [0.2, 0.25) is 0 Å². The largest absolute Gasteiger partial charge is 0.398 e. The summed E-state index contributed by atoms with van der Waals surface area (Å²) in [6, 6.07) is 6.20. The molecule has 0 aliphatic carbocycles. The number of unbranched alkanes of at least 4 members (excludes halogenated alkanes) is 2. The summed E-state index contributed by atoms with van der Waals surface area (Å²) in [6.07, 6.45) is 8.03. The number of anilines is 1. The summed E-state index contributed by atoms with van der Waals surface area (Å²) >= 11 is 0. The third-order valence-electron chi connectivity index (χ3n) is 2.34. The average Bonchev–Trinajstić information content (AvgIpc) is 2.18. The maximum atomic E-state index is 5.82. The quantitative estimate of drug-likeness (QED) is 0.566. The second-order valence-electron chi connectivity index (χ2n) is 3.66. The van der Waals surface area contributed by atoms with Crippen molar-refractivity contribution in [3.63, 3.8) is 0 Å². The number of nitrogens with two attached hydrogens (primary N) is 1. The summed E-state index contributed by atoms with van der Waals surface area (Å²) in [5, 5.41) is 0. The standard InChI is InChI=1S/C13H19N/c1-3-4-5-6-7-12-9-8-11(2)13(14)10-12/h6-10H,3-5,14H2,1-2H3/b7-6-. The lowest BCUT2D eigenvalue weighted by molar-refractivity contribution is 0.816. The van der Waals surface area contributed by atoms with Gasteiger partial charge >= 0.3 is 0 Å². The number of rotatable bonds is 4. The van der Waals surface area contributed by atoms with E-state index < -0.39 is 0 Å². The van der Waals surface area contributed by atoms with Crippen LogP contribution in [0.15, 0.2) is 24.3 Å². The van der Waals surface area contributed by atoms with Gasteiger partial charge in [-0.25, -0.2) is 0 Å². The van der Waals surface area contributed by atoms with Gasteiger partial charge in [0, 0.05) is 5.69 Å². The van der Waals surface area contributed by atoms with Crippen LogP contribution < -0.4 is 5.73 Å². The highest BCUT2D eigenvalue weighted by atomic mass is 14.5. The molecule has 0 fully saturated rings. The van der Waals surface area contributed by atoms with Crippen LogP contribution in [0, 0.1) is 6.92 Å². The Hall–Kier alpha value is -1.24. The number of hydrogen-bond donors (Lipinski definition) is 1. The molecule has 1 aromatic carbocycles. The predicted octanol–water partition coefficient (Wildman–Crippen LogP) is 3.78. The lowest BCUT2D eigenvalue weighted by Gasteiger charge is -2.00. The van der Waals surface area contributed by atoms with Crippen LogP contribution in [0.25, 0.3) is 6.08 Å². The summed E-state index contributed by atoms with van der Waals surface area (Å²) in [4.78, 5) is 0. The highest BCUT2D eigenvalue weighted by Crippen LogP contribution is 2.14. The smallest absolute Gasteiger partial charge is 0.0349 e. The van der Waals surface area contributed by atoms with Crippen LogP contribution >= 0.6 is 0 Å². The van der Waals surface area contributed by atoms with Gasteiger partial charge < -0.3 is 5.73 Å². The van der Waals surface area contributed by atoms with Gasteiger partial charge in [-0.1, -0.05) is 44.1 Å². The molecule has 0 atom stereocenters. The van der Waals surface area contributed by atoms with Crippen molar-refractivity contribution in [3.8, 4) is 0 Å².